The third-order valence-electron chi connectivity index (χ3n) is 15.5. The van der Waals surface area contributed by atoms with Gasteiger partial charge in [-0.25, -0.2) is 19.2 Å². The standard InChI is InChI=1S/C24H28O5.C18H24O4.C16H22O4.C14H18O4/c1-17(15-18-9-13-21(25)14-10-18)23(26)28-16-19-7-11-20(12-8-19)24(27)29-22-5-3-2-4-6-22;1-13(15-6-4-3-5-7-15)17(19)22-12-14-8-10-16(11-9-14)18(20)21-2;1-11(2)9-12(3)15(17)20-10-13-5-7-14(8-6-13)16(18)19-4;1-4-10(2)13(15)18-9-11-5-7-12(8-6-11)14(16)17-3/h7-14,17,22,25H,2-6,15-16H2,1H3;8-11,13,15H,3-7,12H2,1-2H3;5-8,11-12H,9-10H2,1-4H3;5-8,10H,4,9H2,1-3H3. The van der Waals surface area contributed by atoms with Crippen LogP contribution < -0.4 is 0 Å². The molecule has 17 nitrogen and oxygen atoms in total. The maximum atomic E-state index is 12.3. The summed E-state index contributed by atoms with van der Waals surface area (Å²) < 4.78 is 40.7. The Hall–Kier alpha value is -8.34. The van der Waals surface area contributed by atoms with Gasteiger partial charge in [0.1, 0.15) is 38.3 Å². The van der Waals surface area contributed by atoms with Crippen LogP contribution in [0.1, 0.15) is 195 Å². The van der Waals surface area contributed by atoms with Crippen LogP contribution in [0.25, 0.3) is 0 Å². The third kappa shape index (κ3) is 26.9. The van der Waals surface area contributed by atoms with Crippen LogP contribution >= 0.6 is 0 Å². The van der Waals surface area contributed by atoms with Crippen molar-refractivity contribution in [3.8, 4) is 5.75 Å². The topological polar surface area (TPSA) is 231 Å². The van der Waals surface area contributed by atoms with E-state index in [4.69, 9.17) is 23.7 Å². The van der Waals surface area contributed by atoms with E-state index in [1.165, 1.54) is 47.0 Å². The summed E-state index contributed by atoms with van der Waals surface area (Å²) >= 11 is 0. The highest BCUT2D eigenvalue weighted by atomic mass is 16.6. The molecule has 89 heavy (non-hydrogen) atoms. The molecule has 5 aromatic rings. The van der Waals surface area contributed by atoms with Crippen LogP contribution in [-0.4, -0.2) is 80.3 Å². The molecule has 2 fully saturated rings. The molecule has 4 atom stereocenters. The summed E-state index contributed by atoms with van der Waals surface area (Å²) in [5.41, 5.74) is 6.33. The average Bonchev–Trinajstić information content (AvgIpc) is 3.76. The molecule has 2 saturated carbocycles. The second-order valence-corrected chi connectivity index (χ2v) is 23.2. The second kappa shape index (κ2) is 39.5. The first kappa shape index (κ1) is 73.1. The summed E-state index contributed by atoms with van der Waals surface area (Å²) in [6.07, 6.45) is 13.5. The number of carbonyl (C=O) groups excluding carboxylic acids is 8. The van der Waals surface area contributed by atoms with Crippen molar-refractivity contribution < 1.29 is 81.4 Å². The minimum atomic E-state index is -0.377. The summed E-state index contributed by atoms with van der Waals surface area (Å²) in [5.74, 6) is -1.56. The van der Waals surface area contributed by atoms with Gasteiger partial charge in [0.05, 0.1) is 67.3 Å². The van der Waals surface area contributed by atoms with E-state index in [1.807, 2.05) is 34.6 Å². The lowest BCUT2D eigenvalue weighted by atomic mass is 9.81. The van der Waals surface area contributed by atoms with Gasteiger partial charge >= 0.3 is 47.8 Å². The van der Waals surface area contributed by atoms with Crippen molar-refractivity contribution in [2.75, 3.05) is 21.3 Å². The molecule has 7 rings (SSSR count). The van der Waals surface area contributed by atoms with E-state index in [2.05, 4.69) is 28.1 Å². The Morgan fingerprint density at radius 2 is 0.730 bits per heavy atom. The van der Waals surface area contributed by atoms with Crippen molar-refractivity contribution in [2.45, 2.75) is 164 Å². The van der Waals surface area contributed by atoms with Crippen LogP contribution in [-0.2, 0) is 89.9 Å². The number of methoxy groups -OCH3 is 3. The number of rotatable bonds is 23. The molecule has 0 amide bonds. The molecule has 5 aromatic carbocycles. The molecule has 0 heterocycles. The molecule has 1 N–H and O–H groups in total. The van der Waals surface area contributed by atoms with E-state index in [0.717, 1.165) is 79.2 Å². The van der Waals surface area contributed by atoms with E-state index in [0.29, 0.717) is 40.5 Å². The normalized spacial score (nSPS) is 14.3. The highest BCUT2D eigenvalue weighted by Gasteiger charge is 2.27. The molecule has 4 unspecified atom stereocenters. The lowest BCUT2D eigenvalue weighted by Gasteiger charge is -2.26. The number of benzene rings is 5. The molecule has 17 heteroatoms. The highest BCUT2D eigenvalue weighted by Crippen LogP contribution is 2.31. The first-order chi connectivity index (χ1) is 42.6. The predicted molar refractivity (Wildman–Crippen MR) is 336 cm³/mol. The lowest BCUT2D eigenvalue weighted by Crippen LogP contribution is -2.25. The molecule has 0 aliphatic heterocycles. The monoisotopic (exact) mass is 1230 g/mol. The van der Waals surface area contributed by atoms with Crippen molar-refractivity contribution in [3.05, 3.63) is 171 Å². The highest BCUT2D eigenvalue weighted by molar-refractivity contribution is 5.91. The quantitative estimate of drug-likeness (QED) is 0.0473. The van der Waals surface area contributed by atoms with Crippen LogP contribution in [0.15, 0.2) is 121 Å². The molecule has 2 aliphatic carbocycles. The molecular formula is C72H92O17. The Bertz CT molecular complexity index is 2960. The molecule has 0 bridgehead atoms. The zero-order chi connectivity index (χ0) is 65.3. The predicted octanol–water partition coefficient (Wildman–Crippen LogP) is 14.3. The number of carbonyl (C=O) groups is 8. The number of phenols is 1. The van der Waals surface area contributed by atoms with Crippen molar-refractivity contribution in [2.24, 2.45) is 35.5 Å². The van der Waals surface area contributed by atoms with Crippen molar-refractivity contribution in [1.29, 1.82) is 0 Å². The second-order valence-electron chi connectivity index (χ2n) is 23.2. The third-order valence-corrected chi connectivity index (χ3v) is 15.5. The van der Waals surface area contributed by atoms with Crippen molar-refractivity contribution >= 4 is 47.8 Å². The Labute approximate surface area is 525 Å². The fourth-order valence-electron chi connectivity index (χ4n) is 9.75. The van der Waals surface area contributed by atoms with Gasteiger partial charge < -0.3 is 43.0 Å². The lowest BCUT2D eigenvalue weighted by molar-refractivity contribution is -0.152. The number of esters is 8. The SMILES string of the molecule is CC(Cc1ccc(O)cc1)C(=O)OCc1ccc(C(=O)OC2CCCCC2)cc1.CCC(C)C(=O)OCc1ccc(C(=O)OC)cc1.COC(=O)c1ccc(COC(=O)C(C)C2CCCCC2)cc1.COC(=O)c1ccc(COC(=O)C(C)CC(C)C)cc1. The van der Waals surface area contributed by atoms with E-state index < -0.39 is 0 Å². The molecule has 0 radical (unpaired) electrons. The van der Waals surface area contributed by atoms with Gasteiger partial charge in [-0.1, -0.05) is 135 Å². The summed E-state index contributed by atoms with van der Waals surface area (Å²) in [6, 6.07) is 34.4. The minimum absolute atomic E-state index is 0.0327. The van der Waals surface area contributed by atoms with E-state index in [1.54, 1.807) is 121 Å². The fraction of sp³-hybridized carbons (Fsp3) is 0.472. The van der Waals surface area contributed by atoms with Gasteiger partial charge in [-0.05, 0) is 158 Å². The minimum Gasteiger partial charge on any atom is -0.508 e. The molecule has 0 aromatic heterocycles. The summed E-state index contributed by atoms with van der Waals surface area (Å²) in [6.45, 7) is 14.5. The first-order valence-corrected chi connectivity index (χ1v) is 30.9. The summed E-state index contributed by atoms with van der Waals surface area (Å²) in [4.78, 5) is 93.7. The molecule has 0 spiro atoms. The Morgan fingerprint density at radius 3 is 1.09 bits per heavy atom. The first-order valence-electron chi connectivity index (χ1n) is 30.9. The average molecular weight is 1230 g/mol. The van der Waals surface area contributed by atoms with Crippen molar-refractivity contribution in [1.82, 2.24) is 0 Å². The van der Waals surface area contributed by atoms with Crippen LogP contribution in [0.5, 0.6) is 5.75 Å². The largest absolute Gasteiger partial charge is 0.508 e. The van der Waals surface area contributed by atoms with Crippen LogP contribution in [0.3, 0.4) is 0 Å². The van der Waals surface area contributed by atoms with Gasteiger partial charge in [0.2, 0.25) is 0 Å². The summed E-state index contributed by atoms with van der Waals surface area (Å²) in [7, 11) is 4.03. The smallest absolute Gasteiger partial charge is 0.338 e. The molecule has 482 valence electrons. The molecule has 0 saturated heterocycles. The molecule has 2 aliphatic rings. The van der Waals surface area contributed by atoms with Crippen LogP contribution in [0.4, 0.5) is 0 Å². The van der Waals surface area contributed by atoms with Crippen LogP contribution in [0, 0.1) is 35.5 Å². The number of aromatic hydroxyl groups is 1. The van der Waals surface area contributed by atoms with E-state index >= 15 is 0 Å². The van der Waals surface area contributed by atoms with Gasteiger partial charge in [0.25, 0.3) is 0 Å². The van der Waals surface area contributed by atoms with E-state index in [-0.39, 0.29) is 110 Å². The number of hydrogen-bond donors (Lipinski definition) is 1. The van der Waals surface area contributed by atoms with Gasteiger partial charge in [-0.15, -0.1) is 0 Å². The Balaban J connectivity index is 0.000000258. The van der Waals surface area contributed by atoms with Gasteiger partial charge in [0.15, 0.2) is 0 Å². The van der Waals surface area contributed by atoms with Gasteiger partial charge in [0, 0.05) is 0 Å². The number of ether oxygens (including phenoxy) is 8. The van der Waals surface area contributed by atoms with Gasteiger partial charge in [-0.3, -0.25) is 19.2 Å². The zero-order valence-corrected chi connectivity index (χ0v) is 53.6. The van der Waals surface area contributed by atoms with Crippen molar-refractivity contribution in [3.63, 3.8) is 0 Å². The zero-order valence-electron chi connectivity index (χ0n) is 53.6. The summed E-state index contributed by atoms with van der Waals surface area (Å²) in [5, 5.41) is 9.33. The van der Waals surface area contributed by atoms with E-state index in [9.17, 15) is 43.5 Å². The van der Waals surface area contributed by atoms with Crippen LogP contribution in [0.2, 0.25) is 0 Å². The maximum Gasteiger partial charge on any atom is 0.338 e. The fourth-order valence-corrected chi connectivity index (χ4v) is 9.75. The number of hydrogen-bond acceptors (Lipinski definition) is 17. The maximum absolute atomic E-state index is 12.3. The van der Waals surface area contributed by atoms with Gasteiger partial charge in [-0.2, -0.15) is 0 Å². The Morgan fingerprint density at radius 1 is 0.404 bits per heavy atom. The Kier molecular flexibility index (Phi) is 32.5. The molecular weight excluding hydrogens is 1140 g/mol. The number of phenolic OH excluding ortho intramolecular Hbond substituents is 1.